The molecule has 2 N–H and O–H groups in total. The minimum Gasteiger partial charge on any atom is -0.396 e. The van der Waals surface area contributed by atoms with Crippen LogP contribution in [0.1, 0.15) is 17.8 Å². The normalized spacial score (nSPS) is 23.7. The molecule has 0 spiro atoms. The minimum absolute atomic E-state index is 0.211. The number of hydrogen-bond acceptors (Lipinski definition) is 4. The van der Waals surface area contributed by atoms with Gasteiger partial charge in [0.05, 0.1) is 0 Å². The van der Waals surface area contributed by atoms with E-state index in [9.17, 15) is 0 Å². The van der Waals surface area contributed by atoms with E-state index in [-0.39, 0.29) is 18.6 Å². The molecule has 1 aromatic rings. The van der Waals surface area contributed by atoms with Crippen molar-refractivity contribution < 1.29 is 5.11 Å². The molecule has 86 valence electrons. The van der Waals surface area contributed by atoms with Crippen LogP contribution in [0.4, 0.5) is 5.95 Å². The number of anilines is 1. The topological polar surface area (TPSA) is 58.0 Å². The van der Waals surface area contributed by atoms with Crippen molar-refractivity contribution in [2.75, 3.05) is 11.9 Å². The number of rotatable bonds is 3. The van der Waals surface area contributed by atoms with Crippen LogP contribution < -0.4 is 5.32 Å². The monoisotopic (exact) mass is 219 g/mol. The van der Waals surface area contributed by atoms with E-state index in [4.69, 9.17) is 5.11 Å². The molecule has 0 aromatic carbocycles. The van der Waals surface area contributed by atoms with Crippen LogP contribution in [-0.4, -0.2) is 27.7 Å². The zero-order valence-electron chi connectivity index (χ0n) is 9.64. The maximum atomic E-state index is 9.03. The summed E-state index contributed by atoms with van der Waals surface area (Å²) in [6.07, 6.45) is 5.02. The fraction of sp³-hybridized carbons (Fsp3) is 0.500. The van der Waals surface area contributed by atoms with Crippen LogP contribution in [-0.2, 0) is 0 Å². The number of aryl methyl sites for hydroxylation is 2. The number of aliphatic hydroxyl groups is 1. The number of nitrogens with one attached hydrogen (secondary N) is 1. The van der Waals surface area contributed by atoms with Crippen molar-refractivity contribution in [3.8, 4) is 0 Å². The number of hydrogen-bond donors (Lipinski definition) is 2. The Morgan fingerprint density at radius 3 is 2.56 bits per heavy atom. The van der Waals surface area contributed by atoms with Gasteiger partial charge in [0, 0.05) is 30.0 Å². The first-order chi connectivity index (χ1) is 7.67. The largest absolute Gasteiger partial charge is 0.396 e. The van der Waals surface area contributed by atoms with E-state index in [1.165, 1.54) is 0 Å². The zero-order valence-corrected chi connectivity index (χ0v) is 9.64. The van der Waals surface area contributed by atoms with Crippen LogP contribution in [0.25, 0.3) is 0 Å². The van der Waals surface area contributed by atoms with Crippen molar-refractivity contribution in [1.29, 1.82) is 0 Å². The Morgan fingerprint density at radius 1 is 1.31 bits per heavy atom. The first-order valence-corrected chi connectivity index (χ1v) is 5.55. The molecular weight excluding hydrogens is 202 g/mol. The van der Waals surface area contributed by atoms with E-state index >= 15 is 0 Å². The highest BCUT2D eigenvalue weighted by molar-refractivity contribution is 5.32. The molecule has 1 heterocycles. The third-order valence-corrected chi connectivity index (χ3v) is 2.70. The van der Waals surface area contributed by atoms with Gasteiger partial charge in [-0.1, -0.05) is 12.2 Å². The van der Waals surface area contributed by atoms with E-state index in [0.29, 0.717) is 5.95 Å². The molecule has 0 saturated heterocycles. The van der Waals surface area contributed by atoms with Crippen LogP contribution in [0, 0.1) is 19.8 Å². The van der Waals surface area contributed by atoms with Gasteiger partial charge >= 0.3 is 0 Å². The third kappa shape index (κ3) is 2.58. The van der Waals surface area contributed by atoms with Crippen LogP contribution >= 0.6 is 0 Å². The van der Waals surface area contributed by atoms with Crippen LogP contribution in [0.15, 0.2) is 18.2 Å². The van der Waals surface area contributed by atoms with Gasteiger partial charge in [-0.25, -0.2) is 9.97 Å². The summed E-state index contributed by atoms with van der Waals surface area (Å²) in [4.78, 5) is 8.66. The molecule has 0 saturated carbocycles. The highest BCUT2D eigenvalue weighted by atomic mass is 16.3. The van der Waals surface area contributed by atoms with Gasteiger partial charge in [0.1, 0.15) is 0 Å². The number of aliphatic hydroxyl groups excluding tert-OH is 1. The van der Waals surface area contributed by atoms with Crippen molar-refractivity contribution >= 4 is 5.95 Å². The first-order valence-electron chi connectivity index (χ1n) is 5.55. The van der Waals surface area contributed by atoms with Gasteiger partial charge in [0.25, 0.3) is 0 Å². The first kappa shape index (κ1) is 11.1. The van der Waals surface area contributed by atoms with Crippen LogP contribution in [0.3, 0.4) is 0 Å². The Kier molecular flexibility index (Phi) is 3.19. The summed E-state index contributed by atoms with van der Waals surface area (Å²) in [7, 11) is 0. The Labute approximate surface area is 95.4 Å². The fourth-order valence-electron chi connectivity index (χ4n) is 1.97. The Balaban J connectivity index is 2.02. The zero-order chi connectivity index (χ0) is 11.5. The summed E-state index contributed by atoms with van der Waals surface area (Å²) in [6, 6.07) is 2.19. The standard InChI is InChI=1S/C12H17N3O/c1-8-5-9(2)14-12(13-8)15-11-4-3-10(6-11)7-16/h3-5,10-11,16H,6-7H2,1-2H3,(H,13,14,15)/t10-,11+/m0/s1. The molecule has 1 aliphatic rings. The third-order valence-electron chi connectivity index (χ3n) is 2.70. The van der Waals surface area contributed by atoms with Gasteiger partial charge in [-0.3, -0.25) is 0 Å². The minimum atomic E-state index is 0.211. The van der Waals surface area contributed by atoms with Crippen molar-refractivity contribution in [2.24, 2.45) is 5.92 Å². The molecule has 4 heteroatoms. The molecule has 0 aliphatic heterocycles. The summed E-state index contributed by atoms with van der Waals surface area (Å²) in [6.45, 7) is 4.13. The number of nitrogens with zero attached hydrogens (tertiary/aromatic N) is 2. The molecule has 2 atom stereocenters. The van der Waals surface area contributed by atoms with E-state index in [0.717, 1.165) is 17.8 Å². The lowest BCUT2D eigenvalue weighted by atomic mass is 10.1. The quantitative estimate of drug-likeness (QED) is 0.755. The smallest absolute Gasteiger partial charge is 0.223 e. The lowest BCUT2D eigenvalue weighted by Crippen LogP contribution is -2.18. The van der Waals surface area contributed by atoms with Gasteiger partial charge in [0.15, 0.2) is 0 Å². The Hall–Kier alpha value is -1.42. The number of aromatic nitrogens is 2. The van der Waals surface area contributed by atoms with Crippen molar-refractivity contribution in [2.45, 2.75) is 26.3 Å². The molecule has 1 aliphatic carbocycles. The van der Waals surface area contributed by atoms with Gasteiger partial charge in [-0.15, -0.1) is 0 Å². The SMILES string of the molecule is Cc1cc(C)nc(N[C@@H]2C=C[C@H](CO)C2)n1. The molecule has 0 unspecified atom stereocenters. The summed E-state index contributed by atoms with van der Waals surface area (Å²) in [5.41, 5.74) is 1.94. The van der Waals surface area contributed by atoms with Crippen molar-refractivity contribution in [3.63, 3.8) is 0 Å². The van der Waals surface area contributed by atoms with Gasteiger partial charge in [-0.05, 0) is 26.3 Å². The van der Waals surface area contributed by atoms with E-state index in [1.807, 2.05) is 26.0 Å². The Morgan fingerprint density at radius 2 is 2.00 bits per heavy atom. The predicted octanol–water partition coefficient (Wildman–Crippen LogP) is 1.44. The molecule has 0 radical (unpaired) electrons. The maximum absolute atomic E-state index is 9.03. The van der Waals surface area contributed by atoms with Gasteiger partial charge < -0.3 is 10.4 Å². The predicted molar refractivity (Wildman–Crippen MR) is 63.2 cm³/mol. The molecule has 0 fully saturated rings. The second kappa shape index (κ2) is 4.61. The van der Waals surface area contributed by atoms with E-state index < -0.39 is 0 Å². The second-order valence-electron chi connectivity index (χ2n) is 4.29. The molecule has 2 rings (SSSR count). The summed E-state index contributed by atoms with van der Waals surface area (Å²) < 4.78 is 0. The maximum Gasteiger partial charge on any atom is 0.223 e. The summed E-state index contributed by atoms with van der Waals surface area (Å²) >= 11 is 0. The molecule has 1 aromatic heterocycles. The van der Waals surface area contributed by atoms with E-state index in [1.54, 1.807) is 0 Å². The van der Waals surface area contributed by atoms with Crippen LogP contribution in [0.2, 0.25) is 0 Å². The molecule has 4 nitrogen and oxygen atoms in total. The second-order valence-corrected chi connectivity index (χ2v) is 4.29. The Bertz CT molecular complexity index is 383. The molecule has 0 amide bonds. The highest BCUT2D eigenvalue weighted by Gasteiger charge is 2.18. The van der Waals surface area contributed by atoms with Gasteiger partial charge in [0.2, 0.25) is 5.95 Å². The highest BCUT2D eigenvalue weighted by Crippen LogP contribution is 2.19. The summed E-state index contributed by atoms with van der Waals surface area (Å²) in [5, 5.41) is 12.3. The summed E-state index contributed by atoms with van der Waals surface area (Å²) in [5.74, 6) is 0.939. The van der Waals surface area contributed by atoms with Crippen molar-refractivity contribution in [1.82, 2.24) is 9.97 Å². The lowest BCUT2D eigenvalue weighted by Gasteiger charge is -2.13. The molecular formula is C12H17N3O. The van der Waals surface area contributed by atoms with E-state index in [2.05, 4.69) is 21.4 Å². The van der Waals surface area contributed by atoms with Gasteiger partial charge in [-0.2, -0.15) is 0 Å². The van der Waals surface area contributed by atoms with Crippen LogP contribution in [0.5, 0.6) is 0 Å². The lowest BCUT2D eigenvalue weighted by molar-refractivity contribution is 0.250. The average Bonchev–Trinajstić information content (AvgIpc) is 2.64. The molecule has 16 heavy (non-hydrogen) atoms. The molecule has 0 bridgehead atoms. The average molecular weight is 219 g/mol. The van der Waals surface area contributed by atoms with Crippen molar-refractivity contribution in [3.05, 3.63) is 29.6 Å². The fourth-order valence-corrected chi connectivity index (χ4v) is 1.97.